The van der Waals surface area contributed by atoms with Gasteiger partial charge < -0.3 is 35.6 Å². The van der Waals surface area contributed by atoms with Gasteiger partial charge in [0.25, 0.3) is 0 Å². The van der Waals surface area contributed by atoms with Crippen molar-refractivity contribution in [1.29, 1.82) is 0 Å². The maximum absolute atomic E-state index is 11.3. The second kappa shape index (κ2) is 6.59. The summed E-state index contributed by atoms with van der Waals surface area (Å²) in [6, 6.07) is 0. The minimum Gasteiger partial charge on any atom is -0.478 e. The van der Waals surface area contributed by atoms with Gasteiger partial charge in [0, 0.05) is 12.2 Å². The number of hydrogen-bond acceptors (Lipinski definition) is 7. The van der Waals surface area contributed by atoms with Gasteiger partial charge in [0.15, 0.2) is 6.23 Å². The molecular formula is C10H15NO8. The maximum Gasteiger partial charge on any atom is 0.328 e. The number of aliphatic carboxylic acids is 1. The first-order valence-electron chi connectivity index (χ1n) is 5.39. The van der Waals surface area contributed by atoms with E-state index in [2.05, 4.69) is 5.32 Å². The van der Waals surface area contributed by atoms with Crippen molar-refractivity contribution in [1.82, 2.24) is 5.32 Å². The molecule has 0 bridgehead atoms. The van der Waals surface area contributed by atoms with Gasteiger partial charge in [-0.25, -0.2) is 4.79 Å². The molecule has 1 saturated heterocycles. The topological polar surface area (TPSA) is 157 Å². The quantitative estimate of drug-likeness (QED) is 0.289. The Morgan fingerprint density at radius 2 is 1.74 bits per heavy atom. The van der Waals surface area contributed by atoms with Crippen molar-refractivity contribution in [2.45, 2.75) is 30.6 Å². The number of aliphatic hydroxyl groups is 4. The molecule has 1 aliphatic rings. The summed E-state index contributed by atoms with van der Waals surface area (Å²) >= 11 is 0. The molecule has 5 atom stereocenters. The number of hydrogen-bond donors (Lipinski definition) is 6. The van der Waals surface area contributed by atoms with E-state index in [4.69, 9.17) is 14.9 Å². The smallest absolute Gasteiger partial charge is 0.328 e. The third-order valence-electron chi connectivity index (χ3n) is 2.55. The molecule has 0 aromatic rings. The Labute approximate surface area is 107 Å². The van der Waals surface area contributed by atoms with Gasteiger partial charge in [0.2, 0.25) is 5.91 Å². The van der Waals surface area contributed by atoms with E-state index in [1.807, 2.05) is 0 Å². The molecule has 0 aromatic carbocycles. The number of carboxylic acid groups (broad SMARTS) is 1. The molecule has 1 rings (SSSR count). The van der Waals surface area contributed by atoms with E-state index in [1.165, 1.54) is 0 Å². The molecule has 1 amide bonds. The van der Waals surface area contributed by atoms with Crippen LogP contribution < -0.4 is 5.32 Å². The SMILES string of the molecule is O=C(O)/C=C/C(=O)N[C@@H]1O[C@H](CO)[C@@H](O)[C@H](O)[C@H]1O. The number of rotatable bonds is 4. The first-order valence-corrected chi connectivity index (χ1v) is 5.39. The van der Waals surface area contributed by atoms with Gasteiger partial charge in [-0.3, -0.25) is 4.79 Å². The normalized spacial score (nSPS) is 35.3. The molecule has 1 fully saturated rings. The number of amides is 1. The van der Waals surface area contributed by atoms with Crippen LogP contribution in [0, 0.1) is 0 Å². The van der Waals surface area contributed by atoms with Crippen molar-refractivity contribution in [3.8, 4) is 0 Å². The highest BCUT2D eigenvalue weighted by atomic mass is 16.6. The van der Waals surface area contributed by atoms with Gasteiger partial charge in [0.05, 0.1) is 6.61 Å². The second-order valence-corrected chi connectivity index (χ2v) is 3.93. The molecule has 0 spiro atoms. The number of carbonyl (C=O) groups excluding carboxylic acids is 1. The van der Waals surface area contributed by atoms with Gasteiger partial charge in [-0.15, -0.1) is 0 Å². The summed E-state index contributed by atoms with van der Waals surface area (Å²) in [4.78, 5) is 21.5. The van der Waals surface area contributed by atoms with E-state index < -0.39 is 49.1 Å². The van der Waals surface area contributed by atoms with Crippen molar-refractivity contribution in [3.05, 3.63) is 12.2 Å². The number of aliphatic hydroxyl groups excluding tert-OH is 4. The summed E-state index contributed by atoms with van der Waals surface area (Å²) in [5.41, 5.74) is 0. The van der Waals surface area contributed by atoms with Crippen LogP contribution in [0.25, 0.3) is 0 Å². The Morgan fingerprint density at radius 1 is 1.11 bits per heavy atom. The van der Waals surface area contributed by atoms with Crippen molar-refractivity contribution < 1.29 is 39.9 Å². The highest BCUT2D eigenvalue weighted by Crippen LogP contribution is 2.19. The van der Waals surface area contributed by atoms with Crippen LogP contribution in [0.15, 0.2) is 12.2 Å². The highest BCUT2D eigenvalue weighted by molar-refractivity contribution is 5.93. The van der Waals surface area contributed by atoms with Crippen LogP contribution in [0.2, 0.25) is 0 Å². The van der Waals surface area contributed by atoms with E-state index >= 15 is 0 Å². The molecule has 9 heteroatoms. The van der Waals surface area contributed by atoms with Gasteiger partial charge in [-0.2, -0.15) is 0 Å². The second-order valence-electron chi connectivity index (χ2n) is 3.93. The Hall–Kier alpha value is -1.52. The third-order valence-corrected chi connectivity index (χ3v) is 2.55. The van der Waals surface area contributed by atoms with Gasteiger partial charge in [-0.05, 0) is 0 Å². The fourth-order valence-electron chi connectivity index (χ4n) is 1.56. The Bertz CT molecular complexity index is 369. The third kappa shape index (κ3) is 3.98. The van der Waals surface area contributed by atoms with Crippen molar-refractivity contribution >= 4 is 11.9 Å². The first-order chi connectivity index (χ1) is 8.86. The predicted octanol–water partition coefficient (Wildman–Crippen LogP) is -3.46. The summed E-state index contributed by atoms with van der Waals surface area (Å²) in [5, 5.41) is 47.8. The lowest BCUT2D eigenvalue weighted by molar-refractivity contribution is -0.235. The van der Waals surface area contributed by atoms with Crippen LogP contribution in [0.3, 0.4) is 0 Å². The van der Waals surface area contributed by atoms with Crippen LogP contribution in [-0.4, -0.2) is 74.7 Å². The van der Waals surface area contributed by atoms with E-state index in [1.54, 1.807) is 0 Å². The molecule has 0 aliphatic carbocycles. The molecule has 19 heavy (non-hydrogen) atoms. The monoisotopic (exact) mass is 277 g/mol. The van der Waals surface area contributed by atoms with E-state index in [-0.39, 0.29) is 0 Å². The summed E-state index contributed by atoms with van der Waals surface area (Å²) in [5.74, 6) is -2.20. The molecular weight excluding hydrogens is 262 g/mol. The van der Waals surface area contributed by atoms with Crippen molar-refractivity contribution in [3.63, 3.8) is 0 Å². The number of carboxylic acids is 1. The van der Waals surface area contributed by atoms with E-state index in [9.17, 15) is 24.9 Å². The summed E-state index contributed by atoms with van der Waals surface area (Å²) in [7, 11) is 0. The standard InChI is InChI=1S/C10H15NO8/c12-3-4-7(16)8(17)9(18)10(19-4)11-5(13)1-2-6(14)15/h1-2,4,7-10,12,16-18H,3H2,(H,11,13)(H,14,15)/b2-1+/t4-,7-,8+,9-,10-/m1/s1. The number of ether oxygens (including phenoxy) is 1. The fraction of sp³-hybridized carbons (Fsp3) is 0.600. The molecule has 6 N–H and O–H groups in total. The molecule has 108 valence electrons. The van der Waals surface area contributed by atoms with E-state index in [0.717, 1.165) is 0 Å². The lowest BCUT2D eigenvalue weighted by atomic mass is 9.98. The van der Waals surface area contributed by atoms with E-state index in [0.29, 0.717) is 12.2 Å². The first kappa shape index (κ1) is 15.5. The fourth-order valence-corrected chi connectivity index (χ4v) is 1.56. The zero-order chi connectivity index (χ0) is 14.6. The number of carbonyl (C=O) groups is 2. The summed E-state index contributed by atoms with van der Waals surface area (Å²) < 4.78 is 4.98. The van der Waals surface area contributed by atoms with Gasteiger partial charge in [-0.1, -0.05) is 0 Å². The van der Waals surface area contributed by atoms with Crippen LogP contribution in [0.5, 0.6) is 0 Å². The van der Waals surface area contributed by atoms with Crippen LogP contribution in [-0.2, 0) is 14.3 Å². The Balaban J connectivity index is 2.66. The predicted molar refractivity (Wildman–Crippen MR) is 58.7 cm³/mol. The zero-order valence-corrected chi connectivity index (χ0v) is 9.71. The zero-order valence-electron chi connectivity index (χ0n) is 9.71. The summed E-state index contributed by atoms with van der Waals surface area (Å²) in [6.07, 6.45) is -5.99. The molecule has 0 saturated carbocycles. The van der Waals surface area contributed by atoms with Crippen molar-refractivity contribution in [2.24, 2.45) is 0 Å². The van der Waals surface area contributed by atoms with Crippen LogP contribution in [0.4, 0.5) is 0 Å². The summed E-state index contributed by atoms with van der Waals surface area (Å²) in [6.45, 7) is -0.623. The molecule has 0 aromatic heterocycles. The lowest BCUT2D eigenvalue weighted by Gasteiger charge is -2.39. The highest BCUT2D eigenvalue weighted by Gasteiger charge is 2.43. The molecule has 0 radical (unpaired) electrons. The minimum absolute atomic E-state index is 0.583. The average Bonchev–Trinajstić information content (AvgIpc) is 2.37. The lowest BCUT2D eigenvalue weighted by Crippen LogP contribution is -2.63. The average molecular weight is 277 g/mol. The Morgan fingerprint density at radius 3 is 2.26 bits per heavy atom. The number of nitrogens with one attached hydrogen (secondary N) is 1. The molecule has 9 nitrogen and oxygen atoms in total. The Kier molecular flexibility index (Phi) is 5.39. The molecule has 1 heterocycles. The largest absolute Gasteiger partial charge is 0.478 e. The van der Waals surface area contributed by atoms with Crippen LogP contribution in [0.1, 0.15) is 0 Å². The van der Waals surface area contributed by atoms with Crippen molar-refractivity contribution in [2.75, 3.05) is 6.61 Å². The van der Waals surface area contributed by atoms with Crippen LogP contribution >= 0.6 is 0 Å². The molecule has 1 aliphatic heterocycles. The molecule has 0 unspecified atom stereocenters. The minimum atomic E-state index is -1.61. The van der Waals surface area contributed by atoms with Gasteiger partial charge in [0.1, 0.15) is 24.4 Å². The van der Waals surface area contributed by atoms with Gasteiger partial charge >= 0.3 is 5.97 Å². The maximum atomic E-state index is 11.3.